The predicted octanol–water partition coefficient (Wildman–Crippen LogP) is 2.51. The van der Waals surface area contributed by atoms with E-state index in [9.17, 15) is 9.18 Å². The molecule has 1 heterocycles. The molecule has 5 heteroatoms. The molecule has 126 valence electrons. The quantitative estimate of drug-likeness (QED) is 0.937. The minimum atomic E-state index is -0.342. The molecule has 4 nitrogen and oxygen atoms in total. The van der Waals surface area contributed by atoms with Crippen molar-refractivity contribution in [2.24, 2.45) is 0 Å². The number of benzene rings is 2. The van der Waals surface area contributed by atoms with Crippen molar-refractivity contribution in [3.8, 4) is 0 Å². The molecule has 24 heavy (non-hydrogen) atoms. The van der Waals surface area contributed by atoms with E-state index in [-0.39, 0.29) is 11.7 Å². The highest BCUT2D eigenvalue weighted by Crippen LogP contribution is 2.17. The number of rotatable bonds is 4. The van der Waals surface area contributed by atoms with Gasteiger partial charge in [0.05, 0.1) is 0 Å². The summed E-state index contributed by atoms with van der Waals surface area (Å²) in [6.45, 7) is 4.69. The van der Waals surface area contributed by atoms with Crippen LogP contribution in [0.3, 0.4) is 0 Å². The molecule has 1 N–H and O–H groups in total. The Hall–Kier alpha value is -2.40. The number of likely N-dealkylation sites (N-methyl/N-ethyl adjacent to an activating group) is 1. The van der Waals surface area contributed by atoms with Gasteiger partial charge in [-0.15, -0.1) is 0 Å². The second-order valence-corrected chi connectivity index (χ2v) is 6.15. The fourth-order valence-electron chi connectivity index (χ4n) is 2.77. The molecule has 0 spiro atoms. The highest BCUT2D eigenvalue weighted by Gasteiger charge is 2.14. The summed E-state index contributed by atoms with van der Waals surface area (Å²) in [5, 5.41) is 2.86. The minimum Gasteiger partial charge on any atom is -0.369 e. The first-order valence-electron chi connectivity index (χ1n) is 8.18. The average molecular weight is 327 g/mol. The van der Waals surface area contributed by atoms with Crippen molar-refractivity contribution in [1.82, 2.24) is 10.2 Å². The van der Waals surface area contributed by atoms with Gasteiger partial charge in [0.2, 0.25) is 0 Å². The number of hydrogen-bond acceptors (Lipinski definition) is 3. The molecule has 1 saturated heterocycles. The van der Waals surface area contributed by atoms with Gasteiger partial charge in [-0.05, 0) is 49.0 Å². The zero-order valence-corrected chi connectivity index (χ0v) is 13.8. The zero-order chi connectivity index (χ0) is 16.9. The molecule has 1 fully saturated rings. The fraction of sp³-hybridized carbons (Fsp3) is 0.316. The summed E-state index contributed by atoms with van der Waals surface area (Å²) in [7, 11) is 2.14. The third kappa shape index (κ3) is 4.11. The van der Waals surface area contributed by atoms with Gasteiger partial charge >= 0.3 is 0 Å². The number of hydrogen-bond donors (Lipinski definition) is 1. The standard InChI is InChI=1S/C19H22FN3O/c1-22-10-12-23(13-11-22)18-8-2-15(3-9-18)14-21-19(24)16-4-6-17(20)7-5-16/h2-9H,10-14H2,1H3,(H,21,24). The van der Waals surface area contributed by atoms with Gasteiger partial charge in [-0.2, -0.15) is 0 Å². The maximum absolute atomic E-state index is 12.9. The first-order chi connectivity index (χ1) is 11.6. The van der Waals surface area contributed by atoms with E-state index >= 15 is 0 Å². The largest absolute Gasteiger partial charge is 0.369 e. The summed E-state index contributed by atoms with van der Waals surface area (Å²) in [5.41, 5.74) is 2.73. The highest BCUT2D eigenvalue weighted by molar-refractivity contribution is 5.94. The Morgan fingerprint density at radius 1 is 1.00 bits per heavy atom. The molecule has 1 amide bonds. The number of carbonyl (C=O) groups is 1. The SMILES string of the molecule is CN1CCN(c2ccc(CNC(=O)c3ccc(F)cc3)cc2)CC1. The lowest BCUT2D eigenvalue weighted by Crippen LogP contribution is -2.44. The van der Waals surface area contributed by atoms with E-state index in [1.54, 1.807) is 0 Å². The van der Waals surface area contributed by atoms with Crippen molar-refractivity contribution in [2.75, 3.05) is 38.1 Å². The van der Waals surface area contributed by atoms with Gasteiger partial charge in [0, 0.05) is 44.0 Å². The van der Waals surface area contributed by atoms with Crippen LogP contribution in [0.5, 0.6) is 0 Å². The molecule has 2 aromatic rings. The van der Waals surface area contributed by atoms with Crippen molar-refractivity contribution in [1.29, 1.82) is 0 Å². The van der Waals surface area contributed by atoms with Crippen LogP contribution in [-0.4, -0.2) is 44.0 Å². The van der Waals surface area contributed by atoms with Gasteiger partial charge in [0.15, 0.2) is 0 Å². The van der Waals surface area contributed by atoms with Gasteiger partial charge < -0.3 is 15.1 Å². The number of amides is 1. The Labute approximate surface area is 141 Å². The van der Waals surface area contributed by atoms with Crippen LogP contribution < -0.4 is 10.2 Å². The lowest BCUT2D eigenvalue weighted by atomic mass is 10.1. The normalized spacial score (nSPS) is 15.3. The Morgan fingerprint density at radius 3 is 2.25 bits per heavy atom. The maximum Gasteiger partial charge on any atom is 0.251 e. The number of carbonyl (C=O) groups excluding carboxylic acids is 1. The second-order valence-electron chi connectivity index (χ2n) is 6.15. The maximum atomic E-state index is 12.9. The zero-order valence-electron chi connectivity index (χ0n) is 13.8. The van der Waals surface area contributed by atoms with Crippen LogP contribution in [0.25, 0.3) is 0 Å². The van der Waals surface area contributed by atoms with Gasteiger partial charge in [-0.1, -0.05) is 12.1 Å². The molecule has 0 aromatic heterocycles. The topological polar surface area (TPSA) is 35.6 Å². The van der Waals surface area contributed by atoms with Crippen LogP contribution >= 0.6 is 0 Å². The van der Waals surface area contributed by atoms with Crippen molar-refractivity contribution in [3.05, 3.63) is 65.5 Å². The lowest BCUT2D eigenvalue weighted by Gasteiger charge is -2.34. The molecule has 0 bridgehead atoms. The molecule has 1 aliphatic heterocycles. The molecule has 1 aliphatic rings. The third-order valence-electron chi connectivity index (χ3n) is 4.36. The van der Waals surface area contributed by atoms with Crippen molar-refractivity contribution in [2.45, 2.75) is 6.54 Å². The van der Waals surface area contributed by atoms with E-state index < -0.39 is 0 Å². The van der Waals surface area contributed by atoms with E-state index in [0.29, 0.717) is 12.1 Å². The molecule has 0 unspecified atom stereocenters. The Morgan fingerprint density at radius 2 is 1.62 bits per heavy atom. The summed E-state index contributed by atoms with van der Waals surface area (Å²) >= 11 is 0. The van der Waals surface area contributed by atoms with Gasteiger partial charge in [-0.25, -0.2) is 4.39 Å². The summed E-state index contributed by atoms with van der Waals surface area (Å²) in [6.07, 6.45) is 0. The van der Waals surface area contributed by atoms with Crippen LogP contribution in [0, 0.1) is 5.82 Å². The van der Waals surface area contributed by atoms with Crippen molar-refractivity contribution >= 4 is 11.6 Å². The Kier molecular flexibility index (Phi) is 5.11. The smallest absolute Gasteiger partial charge is 0.251 e. The van der Waals surface area contributed by atoms with Crippen LogP contribution in [0.2, 0.25) is 0 Å². The van der Waals surface area contributed by atoms with Crippen LogP contribution in [0.15, 0.2) is 48.5 Å². The molecule has 0 aliphatic carbocycles. The second kappa shape index (κ2) is 7.45. The van der Waals surface area contributed by atoms with Crippen LogP contribution in [0.1, 0.15) is 15.9 Å². The first-order valence-corrected chi connectivity index (χ1v) is 8.18. The van der Waals surface area contributed by atoms with Gasteiger partial charge in [0.25, 0.3) is 5.91 Å². The Bertz CT molecular complexity index is 677. The first kappa shape index (κ1) is 16.5. The Balaban J connectivity index is 1.54. The molecule has 0 atom stereocenters. The summed E-state index contributed by atoms with van der Waals surface area (Å²) in [5.74, 6) is -0.538. The molecule has 3 rings (SSSR count). The molecule has 0 saturated carbocycles. The summed E-state index contributed by atoms with van der Waals surface area (Å²) < 4.78 is 12.9. The number of anilines is 1. The van der Waals surface area contributed by atoms with Crippen molar-refractivity contribution < 1.29 is 9.18 Å². The van der Waals surface area contributed by atoms with E-state index in [4.69, 9.17) is 0 Å². The summed E-state index contributed by atoms with van der Waals surface area (Å²) in [4.78, 5) is 16.7. The molecular weight excluding hydrogens is 305 g/mol. The minimum absolute atomic E-state index is 0.196. The van der Waals surface area contributed by atoms with Crippen LogP contribution in [-0.2, 0) is 6.54 Å². The number of piperazine rings is 1. The number of halogens is 1. The molecule has 2 aromatic carbocycles. The van der Waals surface area contributed by atoms with Gasteiger partial charge in [0.1, 0.15) is 5.82 Å². The van der Waals surface area contributed by atoms with Gasteiger partial charge in [-0.3, -0.25) is 4.79 Å². The highest BCUT2D eigenvalue weighted by atomic mass is 19.1. The van der Waals surface area contributed by atoms with E-state index in [0.717, 1.165) is 31.7 Å². The predicted molar refractivity (Wildman–Crippen MR) is 93.7 cm³/mol. The van der Waals surface area contributed by atoms with E-state index in [2.05, 4.69) is 34.3 Å². The molecule has 0 radical (unpaired) electrons. The number of nitrogens with one attached hydrogen (secondary N) is 1. The van der Waals surface area contributed by atoms with Crippen molar-refractivity contribution in [3.63, 3.8) is 0 Å². The monoisotopic (exact) mass is 327 g/mol. The van der Waals surface area contributed by atoms with Crippen LogP contribution in [0.4, 0.5) is 10.1 Å². The fourth-order valence-corrected chi connectivity index (χ4v) is 2.77. The van der Waals surface area contributed by atoms with E-state index in [1.165, 1.54) is 30.0 Å². The van der Waals surface area contributed by atoms with E-state index in [1.807, 2.05) is 12.1 Å². The average Bonchev–Trinajstić information content (AvgIpc) is 2.61. The lowest BCUT2D eigenvalue weighted by molar-refractivity contribution is 0.0951. The molecular formula is C19H22FN3O. The summed E-state index contributed by atoms with van der Waals surface area (Å²) in [6, 6.07) is 13.8. The third-order valence-corrected chi connectivity index (χ3v) is 4.36. The number of nitrogens with zero attached hydrogens (tertiary/aromatic N) is 2.